The third-order valence-corrected chi connectivity index (χ3v) is 3.55. The van der Waals surface area contributed by atoms with Crippen LogP contribution in [0.1, 0.15) is 25.3 Å². The Morgan fingerprint density at radius 1 is 1.27 bits per heavy atom. The number of rotatable bonds is 2. The van der Waals surface area contributed by atoms with Gasteiger partial charge in [0, 0.05) is 0 Å². The lowest BCUT2D eigenvalue weighted by atomic mass is 10.1. The summed E-state index contributed by atoms with van der Waals surface area (Å²) in [5.74, 6) is 0.669. The van der Waals surface area contributed by atoms with Crippen LogP contribution >= 0.6 is 31.9 Å². The van der Waals surface area contributed by atoms with Crippen molar-refractivity contribution in [1.82, 2.24) is 0 Å². The van der Waals surface area contributed by atoms with Crippen molar-refractivity contribution in [3.63, 3.8) is 0 Å². The molecular weight excluding hydrogens is 324 g/mol. The van der Waals surface area contributed by atoms with Crippen molar-refractivity contribution in [2.75, 3.05) is 7.11 Å². The molecule has 1 aromatic carbocycles. The Labute approximate surface area is 106 Å². The van der Waals surface area contributed by atoms with E-state index in [1.807, 2.05) is 6.07 Å². The van der Waals surface area contributed by atoms with Crippen molar-refractivity contribution in [3.8, 4) is 5.75 Å². The molecule has 0 aliphatic rings. The van der Waals surface area contributed by atoms with E-state index in [1.54, 1.807) is 6.07 Å². The third-order valence-electron chi connectivity index (χ3n) is 2.11. The van der Waals surface area contributed by atoms with Crippen LogP contribution in [0.25, 0.3) is 0 Å². The van der Waals surface area contributed by atoms with E-state index in [2.05, 4.69) is 45.7 Å². The first kappa shape index (κ1) is 12.7. The SMILES string of the molecule is COc1c(Br)c(C(C)C)ccc(Br)c1=O. The molecule has 4 heteroatoms. The lowest BCUT2D eigenvalue weighted by Crippen LogP contribution is -2.04. The summed E-state index contributed by atoms with van der Waals surface area (Å²) in [6.07, 6.45) is 0. The van der Waals surface area contributed by atoms with Gasteiger partial charge < -0.3 is 4.74 Å². The topological polar surface area (TPSA) is 26.3 Å². The second kappa shape index (κ2) is 5.12. The van der Waals surface area contributed by atoms with Gasteiger partial charge in [0.15, 0.2) is 5.75 Å². The van der Waals surface area contributed by atoms with E-state index < -0.39 is 0 Å². The van der Waals surface area contributed by atoms with Gasteiger partial charge in [0.05, 0.1) is 16.1 Å². The fourth-order valence-electron chi connectivity index (χ4n) is 1.28. The molecule has 0 fully saturated rings. The van der Waals surface area contributed by atoms with Gasteiger partial charge in [-0.3, -0.25) is 4.79 Å². The number of hydrogen-bond donors (Lipinski definition) is 0. The molecule has 0 saturated carbocycles. The van der Waals surface area contributed by atoms with Crippen LogP contribution in [-0.4, -0.2) is 7.11 Å². The lowest BCUT2D eigenvalue weighted by molar-refractivity contribution is 0.407. The molecule has 0 amide bonds. The van der Waals surface area contributed by atoms with Crippen LogP contribution in [0.4, 0.5) is 0 Å². The van der Waals surface area contributed by atoms with Crippen molar-refractivity contribution < 1.29 is 4.74 Å². The van der Waals surface area contributed by atoms with Crippen molar-refractivity contribution in [3.05, 3.63) is 36.9 Å². The molecule has 1 aromatic rings. The molecule has 0 radical (unpaired) electrons. The molecular formula is C11H12Br2O2. The van der Waals surface area contributed by atoms with Gasteiger partial charge in [-0.25, -0.2) is 0 Å². The maximum Gasteiger partial charge on any atom is 0.235 e. The van der Waals surface area contributed by atoms with Crippen LogP contribution in [0.5, 0.6) is 5.75 Å². The summed E-state index contributed by atoms with van der Waals surface area (Å²) >= 11 is 6.63. The Kier molecular flexibility index (Phi) is 4.34. The Morgan fingerprint density at radius 3 is 2.33 bits per heavy atom. The standard InChI is InChI=1S/C11H12Br2O2/c1-6(2)7-4-5-8(12)10(14)11(15-3)9(7)13/h4-6H,1-3H3. The molecule has 0 N–H and O–H groups in total. The van der Waals surface area contributed by atoms with Gasteiger partial charge >= 0.3 is 0 Å². The third kappa shape index (κ3) is 2.61. The molecule has 0 aromatic heterocycles. The largest absolute Gasteiger partial charge is 0.492 e. The van der Waals surface area contributed by atoms with Gasteiger partial charge in [-0.2, -0.15) is 0 Å². The fraction of sp³-hybridized carbons (Fsp3) is 0.364. The van der Waals surface area contributed by atoms with E-state index in [1.165, 1.54) is 7.11 Å². The molecule has 0 spiro atoms. The number of ether oxygens (including phenoxy) is 1. The van der Waals surface area contributed by atoms with Crippen LogP contribution in [0.2, 0.25) is 0 Å². The molecule has 0 aliphatic heterocycles. The first-order chi connectivity index (χ1) is 6.99. The van der Waals surface area contributed by atoms with Crippen LogP contribution in [0.15, 0.2) is 25.9 Å². The minimum absolute atomic E-state index is 0.142. The molecule has 0 aliphatic carbocycles. The first-order valence-corrected chi connectivity index (χ1v) is 6.13. The molecule has 0 unspecified atom stereocenters. The van der Waals surface area contributed by atoms with Crippen molar-refractivity contribution in [2.24, 2.45) is 0 Å². The molecule has 82 valence electrons. The van der Waals surface area contributed by atoms with Gasteiger partial charge in [0.25, 0.3) is 0 Å². The lowest BCUT2D eigenvalue weighted by Gasteiger charge is -2.06. The molecule has 2 nitrogen and oxygen atoms in total. The maximum atomic E-state index is 11.8. The zero-order chi connectivity index (χ0) is 11.6. The summed E-state index contributed by atoms with van der Waals surface area (Å²) in [7, 11) is 1.50. The van der Waals surface area contributed by atoms with Gasteiger partial charge in [0.2, 0.25) is 5.43 Å². The Hall–Kier alpha value is -0.350. The predicted molar refractivity (Wildman–Crippen MR) is 68.8 cm³/mol. The van der Waals surface area contributed by atoms with E-state index in [-0.39, 0.29) is 5.43 Å². The smallest absolute Gasteiger partial charge is 0.235 e. The van der Waals surface area contributed by atoms with Gasteiger partial charge in [-0.1, -0.05) is 19.9 Å². The van der Waals surface area contributed by atoms with Crippen molar-refractivity contribution >= 4 is 31.9 Å². The molecule has 0 heterocycles. The van der Waals surface area contributed by atoms with Gasteiger partial charge in [-0.05, 0) is 49.4 Å². The van der Waals surface area contributed by atoms with Gasteiger partial charge in [-0.15, -0.1) is 0 Å². The van der Waals surface area contributed by atoms with E-state index in [0.29, 0.717) is 16.1 Å². The van der Waals surface area contributed by atoms with Crippen LogP contribution in [0.3, 0.4) is 0 Å². The fourth-order valence-corrected chi connectivity index (χ4v) is 2.52. The van der Waals surface area contributed by atoms with E-state index in [0.717, 1.165) is 10.0 Å². The monoisotopic (exact) mass is 334 g/mol. The predicted octanol–water partition coefficient (Wildman–Crippen LogP) is 3.70. The Bertz CT molecular complexity index is 428. The number of halogens is 2. The highest BCUT2D eigenvalue weighted by Crippen LogP contribution is 2.30. The zero-order valence-electron chi connectivity index (χ0n) is 8.80. The minimum Gasteiger partial charge on any atom is -0.492 e. The quantitative estimate of drug-likeness (QED) is 0.823. The molecule has 15 heavy (non-hydrogen) atoms. The summed E-state index contributed by atoms with van der Waals surface area (Å²) in [5.41, 5.74) is 0.908. The van der Waals surface area contributed by atoms with Crippen molar-refractivity contribution in [1.29, 1.82) is 0 Å². The highest BCUT2D eigenvalue weighted by molar-refractivity contribution is 9.11. The second-order valence-electron chi connectivity index (χ2n) is 3.47. The van der Waals surface area contributed by atoms with Gasteiger partial charge in [0.1, 0.15) is 0 Å². The first-order valence-electron chi connectivity index (χ1n) is 4.55. The number of hydrogen-bond acceptors (Lipinski definition) is 2. The molecule has 0 saturated heterocycles. The van der Waals surface area contributed by atoms with Crippen LogP contribution in [-0.2, 0) is 0 Å². The Morgan fingerprint density at radius 2 is 1.87 bits per heavy atom. The molecule has 1 rings (SSSR count). The summed E-state index contributed by atoms with van der Waals surface area (Å²) < 4.78 is 6.36. The van der Waals surface area contributed by atoms with E-state index in [4.69, 9.17) is 4.74 Å². The minimum atomic E-state index is -0.142. The summed E-state index contributed by atoms with van der Waals surface area (Å²) in [6, 6.07) is 3.67. The summed E-state index contributed by atoms with van der Waals surface area (Å²) in [6.45, 7) is 4.13. The normalized spacial score (nSPS) is 10.5. The number of methoxy groups -OCH3 is 1. The second-order valence-corrected chi connectivity index (χ2v) is 5.12. The molecule has 0 atom stereocenters. The van der Waals surface area contributed by atoms with E-state index >= 15 is 0 Å². The summed E-state index contributed by atoms with van der Waals surface area (Å²) in [5, 5.41) is 0. The Balaban J connectivity index is 3.65. The maximum absolute atomic E-state index is 11.8. The van der Waals surface area contributed by atoms with Crippen LogP contribution < -0.4 is 10.2 Å². The zero-order valence-corrected chi connectivity index (χ0v) is 12.0. The average molecular weight is 336 g/mol. The highest BCUT2D eigenvalue weighted by Gasteiger charge is 2.13. The average Bonchev–Trinajstić information content (AvgIpc) is 2.26. The van der Waals surface area contributed by atoms with Crippen LogP contribution in [0, 0.1) is 0 Å². The molecule has 0 bridgehead atoms. The highest BCUT2D eigenvalue weighted by atomic mass is 79.9. The van der Waals surface area contributed by atoms with Crippen molar-refractivity contribution in [2.45, 2.75) is 19.8 Å². The van der Waals surface area contributed by atoms with E-state index in [9.17, 15) is 4.79 Å². The summed E-state index contributed by atoms with van der Waals surface area (Å²) in [4.78, 5) is 11.8.